The van der Waals surface area contributed by atoms with Gasteiger partial charge in [-0.3, -0.25) is 9.11 Å². The molecule has 49 heavy (non-hydrogen) atoms. The standard InChI is InChI=1S/C32H24N8O6S3/c1-18-26(17-33)30(35-22-8-12-24(13-9-22)48(41,42)43)38-31(36-23-10-14-25(15-11-23)49(44,45)46)27(18)39-40-32-37-28(29(34)47-32)21-7-6-19-4-2-3-5-20(19)16-21/h2-16H,34H2,1H3,(H2,35,36,38)(H,41,42,43)(H,44,45,46). The van der Waals surface area contributed by atoms with Gasteiger partial charge in [-0.25, -0.2) is 9.97 Å². The number of nitriles is 1. The molecule has 0 aliphatic rings. The van der Waals surface area contributed by atoms with Crippen LogP contribution >= 0.6 is 11.3 Å². The fraction of sp³-hybridized carbons (Fsp3) is 0.0312. The predicted molar refractivity (Wildman–Crippen MR) is 186 cm³/mol. The SMILES string of the molecule is Cc1c(C#N)c(Nc2ccc(S(=O)(=O)O)cc2)nc(Nc2ccc(S(=O)(=O)O)cc2)c1N=Nc1nc(-c2ccc3ccccc3c2)c(N)s1. The number of fused-ring (bicyclic) bond motifs is 1. The Balaban J connectivity index is 1.40. The normalized spacial score (nSPS) is 11.9. The van der Waals surface area contributed by atoms with Crippen molar-refractivity contribution >= 4 is 81.2 Å². The van der Waals surface area contributed by atoms with Crippen LogP contribution in [0.4, 0.5) is 38.8 Å². The van der Waals surface area contributed by atoms with Gasteiger partial charge in [-0.05, 0) is 72.3 Å². The number of aromatic nitrogens is 2. The van der Waals surface area contributed by atoms with Crippen molar-refractivity contribution in [3.8, 4) is 17.3 Å². The van der Waals surface area contributed by atoms with Crippen molar-refractivity contribution in [3.05, 3.63) is 102 Å². The van der Waals surface area contributed by atoms with Crippen LogP contribution in [-0.4, -0.2) is 35.9 Å². The minimum atomic E-state index is -4.43. The van der Waals surface area contributed by atoms with Crippen LogP contribution in [0.5, 0.6) is 0 Å². The molecule has 17 heteroatoms. The number of pyridine rings is 1. The maximum atomic E-state index is 11.6. The summed E-state index contributed by atoms with van der Waals surface area (Å²) in [5, 5.41) is 27.6. The van der Waals surface area contributed by atoms with Gasteiger partial charge in [-0.1, -0.05) is 47.7 Å². The molecule has 0 radical (unpaired) electrons. The first-order chi connectivity index (χ1) is 23.3. The van der Waals surface area contributed by atoms with Gasteiger partial charge in [0.15, 0.2) is 11.6 Å². The molecule has 0 atom stereocenters. The van der Waals surface area contributed by atoms with Crippen LogP contribution in [0.2, 0.25) is 0 Å². The largest absolute Gasteiger partial charge is 0.389 e. The summed E-state index contributed by atoms with van der Waals surface area (Å²) >= 11 is 1.12. The van der Waals surface area contributed by atoms with Crippen molar-refractivity contribution in [2.75, 3.05) is 16.4 Å². The van der Waals surface area contributed by atoms with Crippen molar-refractivity contribution in [3.63, 3.8) is 0 Å². The highest BCUT2D eigenvalue weighted by Gasteiger charge is 2.20. The Labute approximate surface area is 284 Å². The molecule has 0 fully saturated rings. The van der Waals surface area contributed by atoms with Crippen molar-refractivity contribution < 1.29 is 25.9 Å². The van der Waals surface area contributed by atoms with Gasteiger partial charge in [-0.15, -0.1) is 10.2 Å². The summed E-state index contributed by atoms with van der Waals surface area (Å²) in [4.78, 5) is 8.53. The first kappa shape index (κ1) is 33.1. The highest BCUT2D eigenvalue weighted by Crippen LogP contribution is 2.40. The quantitative estimate of drug-likeness (QED) is 0.0723. The lowest BCUT2D eigenvalue weighted by molar-refractivity contribution is 0.481. The maximum Gasteiger partial charge on any atom is 0.294 e. The molecule has 4 aromatic carbocycles. The van der Waals surface area contributed by atoms with E-state index >= 15 is 0 Å². The molecular weight excluding hydrogens is 689 g/mol. The summed E-state index contributed by atoms with van der Waals surface area (Å²) in [5.41, 5.74) is 8.99. The van der Waals surface area contributed by atoms with E-state index < -0.39 is 20.2 Å². The Morgan fingerprint density at radius 3 is 1.92 bits per heavy atom. The molecule has 2 aromatic heterocycles. The second kappa shape index (κ2) is 13.0. The van der Waals surface area contributed by atoms with Crippen LogP contribution in [0.15, 0.2) is 111 Å². The number of thiazole rings is 1. The van der Waals surface area contributed by atoms with Crippen LogP contribution < -0.4 is 16.4 Å². The molecular formula is C32H24N8O6S3. The van der Waals surface area contributed by atoms with Crippen molar-refractivity contribution in [1.82, 2.24) is 9.97 Å². The van der Waals surface area contributed by atoms with E-state index in [0.717, 1.165) is 27.7 Å². The van der Waals surface area contributed by atoms with Crippen LogP contribution in [-0.2, 0) is 20.2 Å². The molecule has 246 valence electrons. The summed E-state index contributed by atoms with van der Waals surface area (Å²) in [6.45, 7) is 1.63. The molecule has 0 spiro atoms. The zero-order valence-electron chi connectivity index (χ0n) is 25.2. The number of nitrogens with one attached hydrogen (secondary N) is 2. The minimum absolute atomic E-state index is 0.0766. The summed E-state index contributed by atoms with van der Waals surface area (Å²) < 4.78 is 64.8. The molecule has 6 rings (SSSR count). The molecule has 0 aliphatic carbocycles. The average Bonchev–Trinajstić information content (AvgIpc) is 3.44. The lowest BCUT2D eigenvalue weighted by atomic mass is 10.1. The summed E-state index contributed by atoms with van der Waals surface area (Å²) in [6.07, 6.45) is 0. The average molecular weight is 713 g/mol. The number of nitrogens with two attached hydrogens (primary N) is 1. The number of benzene rings is 4. The third kappa shape index (κ3) is 7.23. The van der Waals surface area contributed by atoms with Gasteiger partial charge in [0.2, 0.25) is 5.13 Å². The molecule has 0 aliphatic heterocycles. The molecule has 2 heterocycles. The van der Waals surface area contributed by atoms with Gasteiger partial charge in [0.05, 0.1) is 15.4 Å². The zero-order chi connectivity index (χ0) is 34.9. The number of nitrogens with zero attached hydrogens (tertiary/aromatic N) is 5. The Hall–Kier alpha value is -5.77. The zero-order valence-corrected chi connectivity index (χ0v) is 27.7. The number of hydrogen-bond acceptors (Lipinski definition) is 13. The van der Waals surface area contributed by atoms with Gasteiger partial charge in [0, 0.05) is 22.5 Å². The predicted octanol–water partition coefficient (Wildman–Crippen LogP) is 7.52. The van der Waals surface area contributed by atoms with Gasteiger partial charge in [0.1, 0.15) is 22.5 Å². The first-order valence-corrected chi connectivity index (χ1v) is 17.8. The monoisotopic (exact) mass is 712 g/mol. The van der Waals surface area contributed by atoms with E-state index in [2.05, 4.69) is 36.9 Å². The summed E-state index contributed by atoms with van der Waals surface area (Å²) in [6, 6.07) is 26.2. The summed E-state index contributed by atoms with van der Waals surface area (Å²) in [5.74, 6) is 0.184. The lowest BCUT2D eigenvalue weighted by Gasteiger charge is -2.16. The fourth-order valence-electron chi connectivity index (χ4n) is 4.82. The third-order valence-corrected chi connectivity index (χ3v) is 9.76. The Morgan fingerprint density at radius 1 is 0.776 bits per heavy atom. The smallest absolute Gasteiger partial charge is 0.294 e. The Bertz CT molecular complexity index is 2530. The van der Waals surface area contributed by atoms with Crippen LogP contribution in [0, 0.1) is 18.3 Å². The van der Waals surface area contributed by atoms with Crippen LogP contribution in [0.3, 0.4) is 0 Å². The summed E-state index contributed by atoms with van der Waals surface area (Å²) in [7, 11) is -8.85. The number of anilines is 5. The molecule has 6 aromatic rings. The highest BCUT2D eigenvalue weighted by molar-refractivity contribution is 7.86. The topological polar surface area (TPSA) is 233 Å². The number of nitrogen functional groups attached to an aromatic ring is 1. The van der Waals surface area contributed by atoms with E-state index in [4.69, 9.17) is 5.73 Å². The molecule has 0 bridgehead atoms. The molecule has 0 unspecified atom stereocenters. The van der Waals surface area contributed by atoms with Crippen molar-refractivity contribution in [2.45, 2.75) is 16.7 Å². The number of azo groups is 1. The van der Waals surface area contributed by atoms with E-state index in [9.17, 15) is 31.2 Å². The van der Waals surface area contributed by atoms with E-state index in [0.29, 0.717) is 27.6 Å². The van der Waals surface area contributed by atoms with E-state index in [-0.39, 0.29) is 37.8 Å². The minimum Gasteiger partial charge on any atom is -0.389 e. The van der Waals surface area contributed by atoms with Crippen molar-refractivity contribution in [2.24, 2.45) is 10.2 Å². The van der Waals surface area contributed by atoms with Gasteiger partial charge >= 0.3 is 0 Å². The lowest BCUT2D eigenvalue weighted by Crippen LogP contribution is -2.05. The second-order valence-corrected chi connectivity index (χ2v) is 14.3. The van der Waals surface area contributed by atoms with Crippen LogP contribution in [0.1, 0.15) is 11.1 Å². The molecule has 0 saturated carbocycles. The molecule has 0 saturated heterocycles. The fourth-order valence-corrected chi connectivity index (χ4v) is 6.46. The van der Waals surface area contributed by atoms with Gasteiger partial charge < -0.3 is 16.4 Å². The van der Waals surface area contributed by atoms with E-state index in [1.807, 2.05) is 42.5 Å². The Morgan fingerprint density at radius 2 is 1.35 bits per heavy atom. The maximum absolute atomic E-state index is 11.6. The number of rotatable bonds is 9. The van der Waals surface area contributed by atoms with Crippen molar-refractivity contribution in [1.29, 1.82) is 5.26 Å². The van der Waals surface area contributed by atoms with Gasteiger partial charge in [0.25, 0.3) is 20.2 Å². The molecule has 14 nitrogen and oxygen atoms in total. The molecule has 6 N–H and O–H groups in total. The second-order valence-electron chi connectivity index (χ2n) is 10.5. The first-order valence-electron chi connectivity index (χ1n) is 14.1. The Kier molecular flexibility index (Phi) is 8.81. The highest BCUT2D eigenvalue weighted by atomic mass is 32.2. The third-order valence-electron chi connectivity index (χ3n) is 7.26. The number of hydrogen-bond donors (Lipinski definition) is 5. The van der Waals surface area contributed by atoms with Crippen LogP contribution in [0.25, 0.3) is 22.0 Å². The van der Waals surface area contributed by atoms with E-state index in [1.165, 1.54) is 48.5 Å². The van der Waals surface area contributed by atoms with Gasteiger partial charge in [-0.2, -0.15) is 22.1 Å². The molecule has 0 amide bonds. The van der Waals surface area contributed by atoms with E-state index in [1.54, 1.807) is 6.92 Å².